The summed E-state index contributed by atoms with van der Waals surface area (Å²) in [7, 11) is -5.68. The van der Waals surface area contributed by atoms with Gasteiger partial charge >= 0.3 is 89.4 Å². The molecule has 0 aliphatic heterocycles. The van der Waals surface area contributed by atoms with Gasteiger partial charge in [-0.15, -0.1) is 0 Å². The van der Waals surface area contributed by atoms with E-state index in [0.717, 1.165) is 0 Å². The predicted molar refractivity (Wildman–Crippen MR) is 95.6 cm³/mol. The summed E-state index contributed by atoms with van der Waals surface area (Å²) in [6.45, 7) is -4.38. The topological polar surface area (TPSA) is 110 Å². The van der Waals surface area contributed by atoms with Crippen LogP contribution in [0.15, 0.2) is 0 Å². The number of carbonyl (C=O) groups is 2. The molecule has 1 atom stereocenters. The molecule has 0 heterocycles. The fourth-order valence-corrected chi connectivity index (χ4v) is 3.28. The Balaban J connectivity index is 0. The molecule has 27 heteroatoms. The van der Waals surface area contributed by atoms with Crippen LogP contribution in [0.3, 0.4) is 0 Å². The molecule has 0 spiro atoms. The second-order valence-corrected chi connectivity index (χ2v) is 9.66. The van der Waals surface area contributed by atoms with E-state index < -0.39 is 114 Å². The first-order valence-corrected chi connectivity index (χ1v) is 11.8. The number of hydrogen-bond donors (Lipinski definition) is 0. The number of hydrogen-bond acceptors (Lipinski definition) is 7. The van der Waals surface area contributed by atoms with Crippen molar-refractivity contribution in [1.82, 2.24) is 0 Å². The van der Waals surface area contributed by atoms with Crippen LogP contribution in [0.1, 0.15) is 19.3 Å². The average Bonchev–Trinajstić information content (AvgIpc) is 2.75. The fraction of sp³-hybridized carbons (Fsp3) is 0.882. The maximum absolute atomic E-state index is 13.5. The normalized spacial score (nSPS) is 15.3. The van der Waals surface area contributed by atoms with Gasteiger partial charge in [0.2, 0.25) is 0 Å². The molecule has 0 bridgehead atoms. The van der Waals surface area contributed by atoms with Gasteiger partial charge in [0.15, 0.2) is 0 Å². The van der Waals surface area contributed by atoms with Gasteiger partial charge in [-0.25, -0.2) is 8.42 Å². The maximum atomic E-state index is 13.5. The Morgan fingerprint density at radius 3 is 1.20 bits per heavy atom. The van der Waals surface area contributed by atoms with E-state index in [9.17, 15) is 102 Å². The summed E-state index contributed by atoms with van der Waals surface area (Å²) in [5, 5.41) is 0. The van der Waals surface area contributed by atoms with Crippen LogP contribution in [0, 0.1) is 5.92 Å². The summed E-state index contributed by atoms with van der Waals surface area (Å²) in [6.07, 6.45) is -21.9. The number of halogens is 18. The van der Waals surface area contributed by atoms with Crippen molar-refractivity contribution >= 4 is 22.1 Å². The number of ether oxygens (including phenoxy) is 2. The Labute approximate surface area is 254 Å². The molecule has 0 aliphatic carbocycles. The van der Waals surface area contributed by atoms with Gasteiger partial charge in [-0.1, -0.05) is 0 Å². The third-order valence-corrected chi connectivity index (χ3v) is 5.72. The van der Waals surface area contributed by atoms with E-state index in [1.165, 1.54) is 0 Å². The van der Waals surface area contributed by atoms with Gasteiger partial charge in [-0.3, -0.25) is 9.59 Å². The predicted octanol–water partition coefficient (Wildman–Crippen LogP) is 2.34. The molecule has 44 heavy (non-hydrogen) atoms. The van der Waals surface area contributed by atoms with Gasteiger partial charge in [0.05, 0.1) is 54.3 Å². The zero-order chi connectivity index (χ0) is 34.9. The Hall–Kier alpha value is -1.41. The van der Waals surface area contributed by atoms with Crippen LogP contribution in [0.5, 0.6) is 0 Å². The first-order valence-electron chi connectivity index (χ1n) is 10.3. The molecule has 1 unspecified atom stereocenters. The van der Waals surface area contributed by atoms with E-state index in [1.54, 1.807) is 0 Å². The van der Waals surface area contributed by atoms with E-state index in [1.807, 2.05) is 0 Å². The molecule has 0 N–H and O–H groups in total. The third kappa shape index (κ3) is 10.0. The minimum atomic E-state index is -7.35. The summed E-state index contributed by atoms with van der Waals surface area (Å²) in [5.41, 5.74) is 0. The van der Waals surface area contributed by atoms with Gasteiger partial charge in [-0.2, -0.15) is 79.0 Å². The minimum absolute atomic E-state index is 0. The number of esters is 2. The first kappa shape index (κ1) is 44.7. The van der Waals surface area contributed by atoms with E-state index in [4.69, 9.17) is 0 Å². The smallest absolute Gasteiger partial charge is 0.748 e. The van der Waals surface area contributed by atoms with Gasteiger partial charge in [-0.05, 0) is 0 Å². The van der Waals surface area contributed by atoms with E-state index in [-0.39, 0.29) is 29.6 Å². The Morgan fingerprint density at radius 1 is 0.591 bits per heavy atom. The maximum Gasteiger partial charge on any atom is 1.00 e. The molecule has 0 aliphatic rings. The third-order valence-electron chi connectivity index (χ3n) is 4.91. The van der Waals surface area contributed by atoms with Crippen LogP contribution >= 0.6 is 0 Å². The van der Waals surface area contributed by atoms with Crippen molar-refractivity contribution in [2.45, 2.75) is 67.2 Å². The molecule has 0 saturated carbocycles. The summed E-state index contributed by atoms with van der Waals surface area (Å²) < 4.78 is 270. The van der Waals surface area contributed by atoms with E-state index in [0.29, 0.717) is 0 Å². The molecule has 256 valence electrons. The van der Waals surface area contributed by atoms with Crippen LogP contribution in [-0.4, -0.2) is 91.8 Å². The number of rotatable bonds is 15. The van der Waals surface area contributed by atoms with Gasteiger partial charge < -0.3 is 14.0 Å². The Kier molecular flexibility index (Phi) is 14.4. The van der Waals surface area contributed by atoms with E-state index >= 15 is 0 Å². The summed E-state index contributed by atoms with van der Waals surface area (Å²) in [4.78, 5) is 23.4. The molecule has 0 rings (SSSR count). The van der Waals surface area contributed by atoms with Crippen molar-refractivity contribution in [1.29, 1.82) is 0 Å². The largest absolute Gasteiger partial charge is 1.00 e. The number of alkyl halides is 18. The van der Waals surface area contributed by atoms with E-state index in [2.05, 4.69) is 9.47 Å². The van der Waals surface area contributed by atoms with Crippen LogP contribution in [0.25, 0.3) is 0 Å². The van der Waals surface area contributed by atoms with Crippen LogP contribution in [0.4, 0.5) is 79.0 Å². The Morgan fingerprint density at radius 2 is 0.909 bits per heavy atom. The summed E-state index contributed by atoms with van der Waals surface area (Å²) in [6, 6.07) is 0. The molecule has 0 aromatic rings. The molecular formula is C17H13F18NaO7S. The molecule has 7 nitrogen and oxygen atoms in total. The molecule has 0 fully saturated rings. The van der Waals surface area contributed by atoms with Crippen molar-refractivity contribution in [2.75, 3.05) is 19.0 Å². The van der Waals surface area contributed by atoms with Gasteiger partial charge in [0.1, 0.15) is 0 Å². The standard InChI is InChI=1S/C17H14F18O7S.Na/c18-10(19,12(22,23)14(26,27)16(30,31)32)1-3-41-8(36)5-7(6-43(38,39)40)9(37)42-4-2-11(20,21)13(24,25)15(28,29)17(33,34)35;/h7H,1-6H2,(H,38,39,40);/q;+1/p-1. The molecule has 0 aromatic heterocycles. The SMILES string of the molecule is O=C(CC(CS(=O)(=O)[O-])C(=O)OCCC(F)(F)C(F)(F)C(F)(F)C(F)(F)F)OCCC(F)(F)C(F)(F)C(F)(F)C(F)(F)F.[Na+]. The van der Waals surface area contributed by atoms with Crippen molar-refractivity contribution in [3.63, 3.8) is 0 Å². The second kappa shape index (κ2) is 14.1. The van der Waals surface area contributed by atoms with Crippen molar-refractivity contribution in [2.24, 2.45) is 5.92 Å². The van der Waals surface area contributed by atoms with Crippen molar-refractivity contribution in [3.05, 3.63) is 0 Å². The molecule has 0 aromatic carbocycles. The van der Waals surface area contributed by atoms with Gasteiger partial charge in [0, 0.05) is 0 Å². The number of carbonyl (C=O) groups excluding carboxylic acids is 2. The zero-order valence-electron chi connectivity index (χ0n) is 20.9. The quantitative estimate of drug-likeness (QED) is 0.110. The second-order valence-electron chi connectivity index (χ2n) is 8.22. The summed E-state index contributed by atoms with van der Waals surface area (Å²) >= 11 is 0. The van der Waals surface area contributed by atoms with Crippen LogP contribution in [0.2, 0.25) is 0 Å². The van der Waals surface area contributed by atoms with Crippen molar-refractivity contribution in [3.8, 4) is 0 Å². The fourth-order valence-electron chi connectivity index (χ4n) is 2.54. The molecule has 0 amide bonds. The minimum Gasteiger partial charge on any atom is -0.748 e. The zero-order valence-corrected chi connectivity index (χ0v) is 23.7. The van der Waals surface area contributed by atoms with Crippen LogP contribution < -0.4 is 29.6 Å². The first-order chi connectivity index (χ1) is 18.6. The molecule has 0 saturated heterocycles. The summed E-state index contributed by atoms with van der Waals surface area (Å²) in [5.74, 6) is -51.0. The Bertz CT molecular complexity index is 1100. The van der Waals surface area contributed by atoms with Crippen LogP contribution in [-0.2, 0) is 29.2 Å². The molecule has 0 radical (unpaired) electrons. The van der Waals surface area contributed by atoms with Gasteiger partial charge in [0.25, 0.3) is 0 Å². The monoisotopic (exact) mass is 726 g/mol. The van der Waals surface area contributed by atoms with Crippen molar-refractivity contribution < 1.29 is 141 Å². The average molecular weight is 726 g/mol. The molecular weight excluding hydrogens is 713 g/mol.